The topological polar surface area (TPSA) is 104 Å². The summed E-state index contributed by atoms with van der Waals surface area (Å²) in [5, 5.41) is 2.61. The lowest BCUT2D eigenvalue weighted by atomic mass is 10.0. The minimum absolute atomic E-state index is 0.0241. The van der Waals surface area contributed by atoms with Crippen LogP contribution in [0, 0.1) is 0 Å². The zero-order valence-electron chi connectivity index (χ0n) is 19.4. The Labute approximate surface area is 218 Å². The van der Waals surface area contributed by atoms with Gasteiger partial charge in [-0.2, -0.15) is 0 Å². The van der Waals surface area contributed by atoms with Crippen molar-refractivity contribution in [1.29, 1.82) is 0 Å². The van der Waals surface area contributed by atoms with E-state index in [1.54, 1.807) is 12.1 Å². The Morgan fingerprint density at radius 1 is 0.972 bits per heavy atom. The van der Waals surface area contributed by atoms with Gasteiger partial charge in [0.25, 0.3) is 15.9 Å². The van der Waals surface area contributed by atoms with E-state index in [1.165, 1.54) is 30.1 Å². The number of halogens is 1. The third kappa shape index (κ3) is 5.19. The molecule has 1 aliphatic heterocycles. The van der Waals surface area contributed by atoms with Crippen molar-refractivity contribution >= 4 is 43.7 Å². The number of carbonyl (C=O) groups is 3. The molecule has 0 saturated carbocycles. The molecule has 1 N–H and O–H groups in total. The van der Waals surface area contributed by atoms with Gasteiger partial charge in [-0.15, -0.1) is 0 Å². The van der Waals surface area contributed by atoms with Crippen LogP contribution in [-0.2, 0) is 32.6 Å². The number of hydrogen-bond acceptors (Lipinski definition) is 5. The Balaban J connectivity index is 1.70. The fourth-order valence-electron chi connectivity index (χ4n) is 4.15. The van der Waals surface area contributed by atoms with Gasteiger partial charge in [0.15, 0.2) is 0 Å². The van der Waals surface area contributed by atoms with Crippen molar-refractivity contribution in [3.05, 3.63) is 100 Å². The summed E-state index contributed by atoms with van der Waals surface area (Å²) < 4.78 is 27.5. The van der Waals surface area contributed by atoms with Gasteiger partial charge in [-0.3, -0.25) is 14.4 Å². The van der Waals surface area contributed by atoms with Crippen LogP contribution in [0.1, 0.15) is 21.5 Å². The van der Waals surface area contributed by atoms with Crippen LogP contribution in [0.15, 0.2) is 88.2 Å². The van der Waals surface area contributed by atoms with Crippen LogP contribution in [0.2, 0.25) is 0 Å². The molecule has 1 unspecified atom stereocenters. The highest BCUT2D eigenvalue weighted by atomic mass is 79.9. The van der Waals surface area contributed by atoms with Gasteiger partial charge < -0.3 is 10.2 Å². The molecule has 0 radical (unpaired) electrons. The predicted octanol–water partition coefficient (Wildman–Crippen LogP) is 2.98. The highest BCUT2D eigenvalue weighted by molar-refractivity contribution is 9.10. The maximum atomic E-state index is 13.7. The second kappa shape index (κ2) is 10.6. The van der Waals surface area contributed by atoms with Crippen LogP contribution in [0.25, 0.3) is 0 Å². The molecule has 3 aromatic rings. The largest absolute Gasteiger partial charge is 0.357 e. The second-order valence-electron chi connectivity index (χ2n) is 8.28. The monoisotopic (exact) mass is 569 g/mol. The van der Waals surface area contributed by atoms with E-state index in [4.69, 9.17) is 0 Å². The summed E-state index contributed by atoms with van der Waals surface area (Å²) in [7, 11) is -2.71. The molecule has 8 nitrogen and oxygen atoms in total. The molecular weight excluding hydrogens is 546 g/mol. The zero-order valence-corrected chi connectivity index (χ0v) is 21.8. The number of rotatable bonds is 8. The number of nitrogens with one attached hydrogen (secondary N) is 1. The Morgan fingerprint density at radius 2 is 1.64 bits per heavy atom. The number of amides is 3. The lowest BCUT2D eigenvalue weighted by Crippen LogP contribution is -2.52. The molecule has 4 rings (SSSR count). The molecule has 36 heavy (non-hydrogen) atoms. The number of hydrogen-bond donors (Lipinski definition) is 1. The minimum Gasteiger partial charge on any atom is -0.357 e. The lowest BCUT2D eigenvalue weighted by molar-refractivity contribution is -0.140. The van der Waals surface area contributed by atoms with Crippen LogP contribution in [0.5, 0.6) is 0 Å². The zero-order chi connectivity index (χ0) is 25.9. The quantitative estimate of drug-likeness (QED) is 0.449. The van der Waals surface area contributed by atoms with Crippen molar-refractivity contribution in [3.63, 3.8) is 0 Å². The van der Waals surface area contributed by atoms with Crippen molar-refractivity contribution in [1.82, 2.24) is 14.5 Å². The number of nitrogens with zero attached hydrogens (tertiary/aromatic N) is 2. The average molecular weight is 570 g/mol. The summed E-state index contributed by atoms with van der Waals surface area (Å²) in [4.78, 5) is 40.8. The molecule has 0 bridgehead atoms. The number of likely N-dealkylation sites (N-methyl/N-ethyl adjacent to an activating group) is 1. The molecule has 3 amide bonds. The van der Waals surface area contributed by atoms with Gasteiger partial charge in [-0.1, -0.05) is 70.5 Å². The van der Waals surface area contributed by atoms with Crippen LogP contribution in [0.3, 0.4) is 0 Å². The van der Waals surface area contributed by atoms with Gasteiger partial charge in [0, 0.05) is 24.5 Å². The maximum Gasteiger partial charge on any atom is 0.269 e. The average Bonchev–Trinajstić information content (AvgIpc) is 3.07. The number of benzene rings is 3. The normalized spacial score (nSPS) is 14.7. The molecule has 1 aliphatic rings. The van der Waals surface area contributed by atoms with Gasteiger partial charge in [0.05, 0.1) is 5.56 Å². The SMILES string of the molecule is CNC(=O)C(Cc1ccccc1)N(Cc1cccc(Br)c1)C(=O)CN1C(=O)c2ccccc2S1(=O)=O. The Bertz CT molecular complexity index is 1410. The third-order valence-corrected chi connectivity index (χ3v) is 8.23. The first-order valence-corrected chi connectivity index (χ1v) is 13.4. The smallest absolute Gasteiger partial charge is 0.269 e. The first kappa shape index (κ1) is 25.6. The summed E-state index contributed by atoms with van der Waals surface area (Å²) in [5.41, 5.74) is 1.59. The van der Waals surface area contributed by atoms with Crippen molar-refractivity contribution in [3.8, 4) is 0 Å². The van der Waals surface area contributed by atoms with Gasteiger partial charge in [0.2, 0.25) is 11.8 Å². The molecule has 0 saturated heterocycles. The second-order valence-corrected chi connectivity index (χ2v) is 11.0. The minimum atomic E-state index is -4.19. The Morgan fingerprint density at radius 3 is 2.31 bits per heavy atom. The van der Waals surface area contributed by atoms with Crippen molar-refractivity contribution < 1.29 is 22.8 Å². The molecular formula is C26H24BrN3O5S. The Hall–Kier alpha value is -3.50. The summed E-state index contributed by atoms with van der Waals surface area (Å²) >= 11 is 3.42. The summed E-state index contributed by atoms with van der Waals surface area (Å²) in [6.45, 7) is -0.676. The third-order valence-electron chi connectivity index (χ3n) is 5.95. The van der Waals surface area contributed by atoms with Gasteiger partial charge in [0.1, 0.15) is 17.5 Å². The molecule has 0 fully saturated rings. The van der Waals surface area contributed by atoms with E-state index in [2.05, 4.69) is 21.2 Å². The van der Waals surface area contributed by atoms with E-state index in [0.717, 1.165) is 15.6 Å². The van der Waals surface area contributed by atoms with E-state index >= 15 is 0 Å². The molecule has 10 heteroatoms. The first-order chi connectivity index (χ1) is 17.2. The van der Waals surface area contributed by atoms with Crippen molar-refractivity contribution in [2.24, 2.45) is 0 Å². The summed E-state index contributed by atoms with van der Waals surface area (Å²) in [6, 6.07) is 21.4. The van der Waals surface area contributed by atoms with E-state index in [9.17, 15) is 22.8 Å². The first-order valence-electron chi connectivity index (χ1n) is 11.2. The molecule has 1 heterocycles. The molecule has 1 atom stereocenters. The lowest BCUT2D eigenvalue weighted by Gasteiger charge is -2.32. The highest BCUT2D eigenvalue weighted by Gasteiger charge is 2.43. The predicted molar refractivity (Wildman–Crippen MR) is 137 cm³/mol. The van der Waals surface area contributed by atoms with Gasteiger partial charge >= 0.3 is 0 Å². The molecule has 186 valence electrons. The summed E-state index contributed by atoms with van der Waals surface area (Å²) in [5.74, 6) is -1.83. The fourth-order valence-corrected chi connectivity index (χ4v) is 6.12. The van der Waals surface area contributed by atoms with E-state index < -0.39 is 40.3 Å². The molecule has 0 aromatic heterocycles. The number of fused-ring (bicyclic) bond motifs is 1. The summed E-state index contributed by atoms with van der Waals surface area (Å²) in [6.07, 6.45) is 0.210. The Kier molecular flexibility index (Phi) is 7.56. The number of carbonyl (C=O) groups excluding carboxylic acids is 3. The molecule has 0 aliphatic carbocycles. The van der Waals surface area contributed by atoms with E-state index in [-0.39, 0.29) is 23.4 Å². The van der Waals surface area contributed by atoms with Gasteiger partial charge in [-0.05, 0) is 35.4 Å². The van der Waals surface area contributed by atoms with Crippen LogP contribution in [0.4, 0.5) is 0 Å². The standard InChI is InChI=1S/C26H24BrN3O5S/c1-28-25(32)22(15-18-8-3-2-4-9-18)29(16-19-10-7-11-20(27)14-19)24(31)17-30-26(33)21-12-5-6-13-23(21)36(30,34)35/h2-14,22H,15-17H2,1H3,(H,28,32). The van der Waals surface area contributed by atoms with Gasteiger partial charge in [-0.25, -0.2) is 12.7 Å². The van der Waals surface area contributed by atoms with E-state index in [0.29, 0.717) is 4.31 Å². The number of sulfonamides is 1. The molecule has 3 aromatic carbocycles. The van der Waals surface area contributed by atoms with Crippen LogP contribution >= 0.6 is 15.9 Å². The fraction of sp³-hybridized carbons (Fsp3) is 0.192. The van der Waals surface area contributed by atoms with Crippen molar-refractivity contribution in [2.45, 2.75) is 23.9 Å². The maximum absolute atomic E-state index is 13.7. The van der Waals surface area contributed by atoms with Crippen LogP contribution in [-0.4, -0.2) is 55.0 Å². The van der Waals surface area contributed by atoms with Crippen LogP contribution < -0.4 is 5.32 Å². The van der Waals surface area contributed by atoms with Crippen molar-refractivity contribution in [2.75, 3.05) is 13.6 Å². The highest BCUT2D eigenvalue weighted by Crippen LogP contribution is 2.30. The van der Waals surface area contributed by atoms with E-state index in [1.807, 2.05) is 48.5 Å². The molecule has 0 spiro atoms.